The number of phenols is 1. The van der Waals surface area contributed by atoms with Gasteiger partial charge in [0.2, 0.25) is 0 Å². The molecule has 0 radical (unpaired) electrons. The molecule has 0 heterocycles. The maximum absolute atomic E-state index is 13.0. The first kappa shape index (κ1) is 24.3. The Balaban J connectivity index is 1.61. The first-order chi connectivity index (χ1) is 15.6. The highest BCUT2D eigenvalue weighted by atomic mass is 35.5. The van der Waals surface area contributed by atoms with Crippen molar-refractivity contribution in [2.45, 2.75) is 32.8 Å². The number of nitrogens with zero attached hydrogens (tertiary/aromatic N) is 1. The van der Waals surface area contributed by atoms with E-state index in [1.807, 2.05) is 19.1 Å². The van der Waals surface area contributed by atoms with Gasteiger partial charge < -0.3 is 14.7 Å². The minimum atomic E-state index is -1.09. The molecule has 172 valence electrons. The molecule has 0 aromatic heterocycles. The van der Waals surface area contributed by atoms with Gasteiger partial charge in [0, 0.05) is 29.7 Å². The highest BCUT2D eigenvalue weighted by molar-refractivity contribution is 6.30. The number of hydrogen-bond acceptors (Lipinski definition) is 4. The molecule has 3 rings (SSSR count). The molecule has 0 atom stereocenters. The maximum Gasteiger partial charge on any atom is 0.265 e. The molecule has 1 amide bonds. The van der Waals surface area contributed by atoms with Crippen molar-refractivity contribution in [3.8, 4) is 11.5 Å². The lowest BCUT2D eigenvalue weighted by atomic mass is 10.0. The van der Waals surface area contributed by atoms with Crippen LogP contribution in [0.3, 0.4) is 0 Å². The summed E-state index contributed by atoms with van der Waals surface area (Å²) in [6.07, 6.45) is 0.619. The minimum absolute atomic E-state index is 0.115. The molecular weight excluding hydrogens is 438 g/mol. The van der Waals surface area contributed by atoms with Crippen LogP contribution in [0.15, 0.2) is 66.7 Å². The van der Waals surface area contributed by atoms with Crippen LogP contribution in [0, 0.1) is 6.92 Å². The van der Waals surface area contributed by atoms with E-state index < -0.39 is 5.60 Å². The molecule has 0 saturated carbocycles. The molecule has 0 bridgehead atoms. The zero-order valence-corrected chi connectivity index (χ0v) is 20.0. The number of phenolic OH excluding ortho intramolecular Hbond substituents is 1. The van der Waals surface area contributed by atoms with Gasteiger partial charge in [-0.25, -0.2) is 0 Å². The first-order valence-corrected chi connectivity index (χ1v) is 11.1. The second-order valence-electron chi connectivity index (χ2n) is 8.57. The van der Waals surface area contributed by atoms with Gasteiger partial charge in [0.05, 0.1) is 0 Å². The van der Waals surface area contributed by atoms with Crippen molar-refractivity contribution in [1.29, 1.82) is 0 Å². The van der Waals surface area contributed by atoms with Gasteiger partial charge in [-0.2, -0.15) is 0 Å². The van der Waals surface area contributed by atoms with Gasteiger partial charge in [-0.15, -0.1) is 0 Å². The number of halogens is 1. The quantitative estimate of drug-likeness (QED) is 0.449. The Morgan fingerprint density at radius 2 is 1.55 bits per heavy atom. The van der Waals surface area contributed by atoms with Crippen molar-refractivity contribution in [3.63, 3.8) is 0 Å². The van der Waals surface area contributed by atoms with Gasteiger partial charge in [0.25, 0.3) is 5.91 Å². The van der Waals surface area contributed by atoms with Gasteiger partial charge >= 0.3 is 0 Å². The number of likely N-dealkylation sites (N-methyl/N-ethyl adjacent to an activating group) is 1. The fourth-order valence-corrected chi connectivity index (χ4v) is 3.58. The lowest BCUT2D eigenvalue weighted by molar-refractivity contribution is -0.144. The Morgan fingerprint density at radius 1 is 0.970 bits per heavy atom. The predicted octanol–water partition coefficient (Wildman–Crippen LogP) is 5.44. The third-order valence-electron chi connectivity index (χ3n) is 5.47. The van der Waals surface area contributed by atoms with Gasteiger partial charge in [0.1, 0.15) is 11.5 Å². The second kappa shape index (κ2) is 10.1. The van der Waals surface area contributed by atoms with E-state index in [0.717, 1.165) is 11.1 Å². The van der Waals surface area contributed by atoms with Gasteiger partial charge in [-0.1, -0.05) is 23.7 Å². The van der Waals surface area contributed by atoms with Gasteiger partial charge in [-0.05, 0) is 92.9 Å². The van der Waals surface area contributed by atoms with Crippen LogP contribution in [0.1, 0.15) is 40.9 Å². The summed E-state index contributed by atoms with van der Waals surface area (Å²) in [5, 5.41) is 10.4. The fraction of sp³-hybridized carbons (Fsp3) is 0.259. The Bertz CT molecular complexity index is 1140. The summed E-state index contributed by atoms with van der Waals surface area (Å²) in [5.74, 6) is 0.469. The Morgan fingerprint density at radius 3 is 2.12 bits per heavy atom. The third-order valence-corrected chi connectivity index (χ3v) is 5.72. The Kier molecular flexibility index (Phi) is 7.44. The number of hydrogen-bond donors (Lipinski definition) is 1. The van der Waals surface area contributed by atoms with Crippen LogP contribution in [0.4, 0.5) is 0 Å². The van der Waals surface area contributed by atoms with E-state index >= 15 is 0 Å². The largest absolute Gasteiger partial charge is 0.508 e. The van der Waals surface area contributed by atoms with Crippen LogP contribution >= 0.6 is 11.6 Å². The molecule has 3 aromatic carbocycles. The van der Waals surface area contributed by atoms with E-state index in [2.05, 4.69) is 0 Å². The van der Waals surface area contributed by atoms with E-state index in [1.165, 1.54) is 0 Å². The number of amides is 1. The second-order valence-corrected chi connectivity index (χ2v) is 9.01. The van der Waals surface area contributed by atoms with Crippen molar-refractivity contribution in [2.75, 3.05) is 13.6 Å². The van der Waals surface area contributed by atoms with E-state index in [-0.39, 0.29) is 17.4 Å². The summed E-state index contributed by atoms with van der Waals surface area (Å²) in [6, 6.07) is 19.0. The summed E-state index contributed by atoms with van der Waals surface area (Å²) < 4.78 is 5.97. The number of aryl methyl sites for hydroxylation is 1. The number of aromatic hydroxyl groups is 1. The minimum Gasteiger partial charge on any atom is -0.508 e. The van der Waals surface area contributed by atoms with Crippen molar-refractivity contribution in [2.24, 2.45) is 0 Å². The summed E-state index contributed by atoms with van der Waals surface area (Å²) in [4.78, 5) is 27.2. The van der Waals surface area contributed by atoms with Crippen LogP contribution in [0.5, 0.6) is 11.5 Å². The molecule has 0 spiro atoms. The zero-order chi connectivity index (χ0) is 24.2. The Labute approximate surface area is 199 Å². The predicted molar refractivity (Wildman–Crippen MR) is 130 cm³/mol. The molecule has 1 N–H and O–H groups in total. The molecule has 0 aliphatic carbocycles. The SMILES string of the molecule is Cc1ccc(CCN(C)C(=O)C(C)(C)Oc2ccc(C(=O)c3ccc(Cl)cc3)cc2)cc1O. The zero-order valence-electron chi connectivity index (χ0n) is 19.3. The molecule has 5 nitrogen and oxygen atoms in total. The average molecular weight is 466 g/mol. The standard InChI is InChI=1S/C27H28ClNO4/c1-18-5-6-19(17-24(18)30)15-16-29(4)26(32)27(2,3)33-23-13-9-21(10-14-23)25(31)20-7-11-22(28)12-8-20/h5-14,17,30H,15-16H2,1-4H3. The number of ketones is 1. The first-order valence-electron chi connectivity index (χ1n) is 10.7. The smallest absolute Gasteiger partial charge is 0.265 e. The number of rotatable bonds is 8. The molecule has 0 aliphatic heterocycles. The van der Waals surface area contributed by atoms with Crippen LogP contribution < -0.4 is 4.74 Å². The topological polar surface area (TPSA) is 66.8 Å². The van der Waals surface area contributed by atoms with E-state index in [0.29, 0.717) is 34.9 Å². The molecule has 0 saturated heterocycles. The highest BCUT2D eigenvalue weighted by Gasteiger charge is 2.32. The molecule has 6 heteroatoms. The molecule has 0 aliphatic rings. The highest BCUT2D eigenvalue weighted by Crippen LogP contribution is 2.23. The van der Waals surface area contributed by atoms with Crippen molar-refractivity contribution >= 4 is 23.3 Å². The van der Waals surface area contributed by atoms with Crippen LogP contribution in [0.25, 0.3) is 0 Å². The molecule has 33 heavy (non-hydrogen) atoms. The van der Waals surface area contributed by atoms with Crippen LogP contribution in [-0.4, -0.2) is 40.9 Å². The van der Waals surface area contributed by atoms with Gasteiger partial charge in [0.15, 0.2) is 11.4 Å². The maximum atomic E-state index is 13.0. The van der Waals surface area contributed by atoms with Crippen LogP contribution in [0.2, 0.25) is 5.02 Å². The fourth-order valence-electron chi connectivity index (χ4n) is 3.45. The van der Waals surface area contributed by atoms with Crippen LogP contribution in [-0.2, 0) is 11.2 Å². The number of ether oxygens (including phenoxy) is 1. The monoisotopic (exact) mass is 465 g/mol. The van der Waals surface area contributed by atoms with E-state index in [9.17, 15) is 14.7 Å². The molecule has 3 aromatic rings. The number of carbonyl (C=O) groups is 2. The summed E-state index contributed by atoms with van der Waals surface area (Å²) >= 11 is 5.89. The normalized spacial score (nSPS) is 11.2. The van der Waals surface area contributed by atoms with Crippen molar-refractivity contribution in [1.82, 2.24) is 4.90 Å². The average Bonchev–Trinajstić information content (AvgIpc) is 2.79. The molecule has 0 fully saturated rings. The lowest BCUT2D eigenvalue weighted by Crippen LogP contribution is -2.47. The third kappa shape index (κ3) is 6.14. The molecular formula is C27H28ClNO4. The summed E-state index contributed by atoms with van der Waals surface area (Å²) in [7, 11) is 1.73. The molecule has 0 unspecified atom stereocenters. The van der Waals surface area contributed by atoms with Gasteiger partial charge in [-0.3, -0.25) is 9.59 Å². The van der Waals surface area contributed by atoms with Crippen molar-refractivity contribution in [3.05, 3.63) is 94.0 Å². The number of benzene rings is 3. The van der Waals surface area contributed by atoms with E-state index in [1.54, 1.807) is 80.4 Å². The lowest BCUT2D eigenvalue weighted by Gasteiger charge is -2.30. The summed E-state index contributed by atoms with van der Waals surface area (Å²) in [5.41, 5.74) is 1.75. The summed E-state index contributed by atoms with van der Waals surface area (Å²) in [6.45, 7) is 5.77. The van der Waals surface area contributed by atoms with Crippen molar-refractivity contribution < 1.29 is 19.4 Å². The number of carbonyl (C=O) groups excluding carboxylic acids is 2. The van der Waals surface area contributed by atoms with E-state index in [4.69, 9.17) is 16.3 Å². The Hall–Kier alpha value is -3.31.